The van der Waals surface area contributed by atoms with Crippen molar-refractivity contribution in [3.05, 3.63) is 83.4 Å². The second kappa shape index (κ2) is 7.23. The molecule has 6 nitrogen and oxygen atoms in total. The largest absolute Gasteiger partial charge is 0.493 e. The molecule has 31 heavy (non-hydrogen) atoms. The maximum Gasteiger partial charge on any atom is 0.231 e. The van der Waals surface area contributed by atoms with Gasteiger partial charge in [0.25, 0.3) is 0 Å². The van der Waals surface area contributed by atoms with E-state index in [4.69, 9.17) is 24.0 Å². The Morgan fingerprint density at radius 2 is 1.74 bits per heavy atom. The summed E-state index contributed by atoms with van der Waals surface area (Å²) < 4.78 is 23.4. The molecule has 6 rings (SSSR count). The summed E-state index contributed by atoms with van der Waals surface area (Å²) in [6.45, 7) is 2.84. The molecule has 6 heteroatoms. The summed E-state index contributed by atoms with van der Waals surface area (Å²) >= 11 is 0. The van der Waals surface area contributed by atoms with E-state index in [1.165, 1.54) is 0 Å². The minimum atomic E-state index is -0.367. The van der Waals surface area contributed by atoms with Gasteiger partial charge in [-0.1, -0.05) is 30.3 Å². The van der Waals surface area contributed by atoms with Gasteiger partial charge in [0.1, 0.15) is 11.5 Å². The van der Waals surface area contributed by atoms with Crippen molar-refractivity contribution in [2.75, 3.05) is 13.4 Å². The van der Waals surface area contributed by atoms with Gasteiger partial charge in [-0.05, 0) is 43.3 Å². The van der Waals surface area contributed by atoms with Crippen LogP contribution in [0.3, 0.4) is 0 Å². The van der Waals surface area contributed by atoms with Crippen LogP contribution < -0.4 is 18.9 Å². The molecule has 0 unspecified atom stereocenters. The Morgan fingerprint density at radius 3 is 2.65 bits per heavy atom. The third-order valence-electron chi connectivity index (χ3n) is 5.89. The van der Waals surface area contributed by atoms with Crippen LogP contribution in [0.5, 0.6) is 23.0 Å². The van der Waals surface area contributed by atoms with E-state index in [-0.39, 0.29) is 19.1 Å². The fourth-order valence-corrected chi connectivity index (χ4v) is 4.46. The van der Waals surface area contributed by atoms with Crippen LogP contribution in [0.4, 0.5) is 0 Å². The molecule has 3 aliphatic heterocycles. The third-order valence-corrected chi connectivity index (χ3v) is 5.89. The van der Waals surface area contributed by atoms with Crippen LogP contribution in [-0.2, 0) is 0 Å². The molecule has 0 bridgehead atoms. The van der Waals surface area contributed by atoms with Gasteiger partial charge < -0.3 is 18.9 Å². The van der Waals surface area contributed by atoms with Crippen LogP contribution in [0.1, 0.15) is 42.3 Å². The first-order valence-corrected chi connectivity index (χ1v) is 10.5. The van der Waals surface area contributed by atoms with Crippen LogP contribution in [0.2, 0.25) is 0 Å². The van der Waals surface area contributed by atoms with Crippen molar-refractivity contribution in [1.82, 2.24) is 5.01 Å². The number of nitrogens with zero attached hydrogens (tertiary/aromatic N) is 2. The molecule has 3 aromatic rings. The molecule has 0 amide bonds. The van der Waals surface area contributed by atoms with E-state index in [1.807, 2.05) is 61.5 Å². The maximum atomic E-state index is 6.47. The molecule has 0 fully saturated rings. The van der Waals surface area contributed by atoms with Crippen LogP contribution >= 0.6 is 0 Å². The number of fused-ring (bicyclic) bond motifs is 4. The van der Waals surface area contributed by atoms with E-state index in [0.717, 1.165) is 51.8 Å². The van der Waals surface area contributed by atoms with Gasteiger partial charge in [-0.15, -0.1) is 0 Å². The minimum Gasteiger partial charge on any atom is -0.493 e. The molecule has 0 radical (unpaired) electrons. The molecule has 2 atom stereocenters. The number of hydrogen-bond donors (Lipinski definition) is 0. The Bertz CT molecular complexity index is 1180. The number of para-hydroxylation sites is 2. The van der Waals surface area contributed by atoms with Crippen LogP contribution in [0, 0.1) is 0 Å². The topological polar surface area (TPSA) is 52.5 Å². The normalized spacial score (nSPS) is 20.5. The fourth-order valence-electron chi connectivity index (χ4n) is 4.46. The second-order valence-corrected chi connectivity index (χ2v) is 7.69. The highest BCUT2D eigenvalue weighted by atomic mass is 16.7. The van der Waals surface area contributed by atoms with Crippen molar-refractivity contribution in [1.29, 1.82) is 0 Å². The van der Waals surface area contributed by atoms with Crippen LogP contribution in [0.25, 0.3) is 0 Å². The lowest BCUT2D eigenvalue weighted by molar-refractivity contribution is -0.0205. The lowest BCUT2D eigenvalue weighted by atomic mass is 9.95. The standard InChI is InChI=1S/C25H22N2O4/c1-2-28-21-9-5-4-8-18(21)25-27-20(17-7-3-6-10-22(17)31-25)14-19(26-27)16-11-12-23-24(13-16)30-15-29-23/h3-13,20,25H,2,14-15H2,1H3/t20-,25+/m1/s1. The minimum absolute atomic E-state index is 0.0880. The smallest absolute Gasteiger partial charge is 0.231 e. The van der Waals surface area contributed by atoms with E-state index in [1.54, 1.807) is 0 Å². The molecule has 0 saturated heterocycles. The third kappa shape index (κ3) is 2.98. The van der Waals surface area contributed by atoms with Crippen LogP contribution in [0.15, 0.2) is 71.8 Å². The Kier molecular flexibility index (Phi) is 4.23. The van der Waals surface area contributed by atoms with Crippen molar-refractivity contribution in [2.45, 2.75) is 25.6 Å². The monoisotopic (exact) mass is 414 g/mol. The summed E-state index contributed by atoms with van der Waals surface area (Å²) in [5, 5.41) is 7.11. The van der Waals surface area contributed by atoms with Crippen molar-refractivity contribution >= 4 is 5.71 Å². The highest BCUT2D eigenvalue weighted by Crippen LogP contribution is 2.49. The number of rotatable bonds is 4. The quantitative estimate of drug-likeness (QED) is 0.598. The lowest BCUT2D eigenvalue weighted by Gasteiger charge is -2.38. The number of ether oxygens (including phenoxy) is 4. The van der Waals surface area contributed by atoms with E-state index >= 15 is 0 Å². The summed E-state index contributed by atoms with van der Waals surface area (Å²) in [5.41, 5.74) is 4.15. The number of hydrogen-bond acceptors (Lipinski definition) is 6. The molecule has 3 heterocycles. The molecule has 3 aliphatic rings. The first-order valence-electron chi connectivity index (χ1n) is 10.5. The van der Waals surface area contributed by atoms with Crippen molar-refractivity contribution in [3.8, 4) is 23.0 Å². The predicted molar refractivity (Wildman–Crippen MR) is 116 cm³/mol. The first kappa shape index (κ1) is 18.1. The number of benzene rings is 3. The Hall–Kier alpha value is -3.67. The van der Waals surface area contributed by atoms with E-state index in [0.29, 0.717) is 6.61 Å². The van der Waals surface area contributed by atoms with Gasteiger partial charge in [-0.2, -0.15) is 5.10 Å². The molecule has 0 N–H and O–H groups in total. The zero-order valence-corrected chi connectivity index (χ0v) is 17.2. The lowest BCUT2D eigenvalue weighted by Crippen LogP contribution is -2.34. The number of hydrazone groups is 1. The average Bonchev–Trinajstić information content (AvgIpc) is 3.46. The highest BCUT2D eigenvalue weighted by Gasteiger charge is 2.42. The zero-order valence-electron chi connectivity index (χ0n) is 17.2. The van der Waals surface area contributed by atoms with Gasteiger partial charge in [0, 0.05) is 17.5 Å². The molecular weight excluding hydrogens is 392 g/mol. The van der Waals surface area contributed by atoms with E-state index in [2.05, 4.69) is 17.1 Å². The van der Waals surface area contributed by atoms with Crippen molar-refractivity contribution in [3.63, 3.8) is 0 Å². The molecular formula is C25H22N2O4. The average molecular weight is 414 g/mol. The summed E-state index contributed by atoms with van der Waals surface area (Å²) in [6.07, 6.45) is 0.419. The Labute approximate surface area is 180 Å². The molecule has 0 spiro atoms. The highest BCUT2D eigenvalue weighted by molar-refractivity contribution is 6.02. The van der Waals surface area contributed by atoms with Crippen LogP contribution in [-0.4, -0.2) is 24.1 Å². The summed E-state index contributed by atoms with van der Waals surface area (Å²) in [7, 11) is 0. The van der Waals surface area contributed by atoms with Gasteiger partial charge in [0.05, 0.1) is 23.9 Å². The van der Waals surface area contributed by atoms with Gasteiger partial charge >= 0.3 is 0 Å². The first-order chi connectivity index (χ1) is 15.3. The zero-order chi connectivity index (χ0) is 20.8. The predicted octanol–water partition coefficient (Wildman–Crippen LogP) is 5.06. The molecule has 0 saturated carbocycles. The molecule has 156 valence electrons. The summed E-state index contributed by atoms with van der Waals surface area (Å²) in [6, 6.07) is 22.3. The van der Waals surface area contributed by atoms with Gasteiger partial charge in [0.2, 0.25) is 13.0 Å². The van der Waals surface area contributed by atoms with Crippen molar-refractivity contribution < 1.29 is 18.9 Å². The van der Waals surface area contributed by atoms with E-state index < -0.39 is 0 Å². The SMILES string of the molecule is CCOc1ccccc1[C@@H]1Oc2ccccc2[C@H]2CC(c3ccc4c(c3)OCO4)=NN21. The van der Waals surface area contributed by atoms with Crippen molar-refractivity contribution in [2.24, 2.45) is 5.10 Å². The summed E-state index contributed by atoms with van der Waals surface area (Å²) in [5.74, 6) is 3.25. The molecule has 0 aliphatic carbocycles. The molecule has 0 aromatic heterocycles. The van der Waals surface area contributed by atoms with Gasteiger partial charge in [-0.25, -0.2) is 5.01 Å². The summed E-state index contributed by atoms with van der Waals surface area (Å²) in [4.78, 5) is 0. The second-order valence-electron chi connectivity index (χ2n) is 7.69. The Balaban J connectivity index is 1.44. The fraction of sp³-hybridized carbons (Fsp3) is 0.240. The van der Waals surface area contributed by atoms with Gasteiger partial charge in [-0.3, -0.25) is 0 Å². The Morgan fingerprint density at radius 1 is 0.935 bits per heavy atom. The van der Waals surface area contributed by atoms with E-state index in [9.17, 15) is 0 Å². The maximum absolute atomic E-state index is 6.47. The molecule has 3 aromatic carbocycles. The van der Waals surface area contributed by atoms with Gasteiger partial charge in [0.15, 0.2) is 11.5 Å².